The maximum Gasteiger partial charge on any atom is 0.337 e. The standard InChI is InChI=1S/C16H22N2O3/c1-4-16(5-6-16)9-17-15(21)18-13-11(3)7-10(2)8-12(13)14(19)20/h7-8H,4-6,9H2,1-3H3,(H,19,20)(H2,17,18,21). The third-order valence-corrected chi connectivity index (χ3v) is 4.28. The fraction of sp³-hybridized carbons (Fsp3) is 0.500. The Labute approximate surface area is 124 Å². The molecule has 21 heavy (non-hydrogen) atoms. The monoisotopic (exact) mass is 290 g/mol. The van der Waals surface area contributed by atoms with Crippen LogP contribution in [0.2, 0.25) is 0 Å². The number of rotatable bonds is 5. The minimum Gasteiger partial charge on any atom is -0.478 e. The fourth-order valence-electron chi connectivity index (χ4n) is 2.56. The van der Waals surface area contributed by atoms with E-state index in [1.165, 1.54) is 0 Å². The van der Waals surface area contributed by atoms with E-state index in [0.29, 0.717) is 12.2 Å². The van der Waals surface area contributed by atoms with Crippen molar-refractivity contribution in [2.75, 3.05) is 11.9 Å². The Bertz CT molecular complexity index is 577. The largest absolute Gasteiger partial charge is 0.478 e. The Balaban J connectivity index is 2.08. The van der Waals surface area contributed by atoms with Crippen molar-refractivity contribution >= 4 is 17.7 Å². The molecule has 1 aromatic carbocycles. The van der Waals surface area contributed by atoms with Crippen LogP contribution >= 0.6 is 0 Å². The van der Waals surface area contributed by atoms with Crippen molar-refractivity contribution in [3.05, 3.63) is 28.8 Å². The molecule has 2 rings (SSSR count). The van der Waals surface area contributed by atoms with Crippen molar-refractivity contribution in [3.63, 3.8) is 0 Å². The first-order valence-corrected chi connectivity index (χ1v) is 7.26. The molecule has 5 nitrogen and oxygen atoms in total. The molecule has 0 saturated heterocycles. The maximum absolute atomic E-state index is 12.0. The Morgan fingerprint density at radius 2 is 1.95 bits per heavy atom. The molecule has 0 bridgehead atoms. The third-order valence-electron chi connectivity index (χ3n) is 4.28. The maximum atomic E-state index is 12.0. The van der Waals surface area contributed by atoms with E-state index in [4.69, 9.17) is 0 Å². The van der Waals surface area contributed by atoms with E-state index < -0.39 is 5.97 Å². The molecule has 114 valence electrons. The fourth-order valence-corrected chi connectivity index (χ4v) is 2.56. The molecule has 0 spiro atoms. The van der Waals surface area contributed by atoms with Crippen LogP contribution in [-0.2, 0) is 0 Å². The molecule has 0 aromatic heterocycles. The summed E-state index contributed by atoms with van der Waals surface area (Å²) in [5.41, 5.74) is 2.36. The van der Waals surface area contributed by atoms with E-state index in [1.54, 1.807) is 13.0 Å². The molecule has 0 aliphatic heterocycles. The number of carbonyl (C=O) groups excluding carboxylic acids is 1. The van der Waals surface area contributed by atoms with Crippen molar-refractivity contribution in [3.8, 4) is 0 Å². The highest BCUT2D eigenvalue weighted by Crippen LogP contribution is 2.47. The molecule has 0 radical (unpaired) electrons. The van der Waals surface area contributed by atoms with Crippen LogP contribution in [0.25, 0.3) is 0 Å². The number of hydrogen-bond donors (Lipinski definition) is 3. The van der Waals surface area contributed by atoms with Gasteiger partial charge in [0, 0.05) is 6.54 Å². The average Bonchev–Trinajstić information content (AvgIpc) is 3.19. The number of hydrogen-bond acceptors (Lipinski definition) is 2. The Morgan fingerprint density at radius 3 is 2.48 bits per heavy atom. The molecule has 0 unspecified atom stereocenters. The van der Waals surface area contributed by atoms with Crippen molar-refractivity contribution in [1.29, 1.82) is 0 Å². The second-order valence-electron chi connectivity index (χ2n) is 5.97. The summed E-state index contributed by atoms with van der Waals surface area (Å²) in [6, 6.07) is 3.08. The summed E-state index contributed by atoms with van der Waals surface area (Å²) in [6.07, 6.45) is 3.35. The lowest BCUT2D eigenvalue weighted by molar-refractivity contribution is 0.0698. The Kier molecular flexibility index (Phi) is 4.21. The van der Waals surface area contributed by atoms with Gasteiger partial charge in [-0.1, -0.05) is 13.0 Å². The zero-order chi connectivity index (χ0) is 15.6. The highest BCUT2D eigenvalue weighted by molar-refractivity contribution is 6.01. The van der Waals surface area contributed by atoms with Gasteiger partial charge in [-0.2, -0.15) is 0 Å². The lowest BCUT2D eigenvalue weighted by Crippen LogP contribution is -2.34. The highest BCUT2D eigenvalue weighted by atomic mass is 16.4. The lowest BCUT2D eigenvalue weighted by atomic mass is 10.0. The van der Waals surface area contributed by atoms with Gasteiger partial charge in [0.25, 0.3) is 0 Å². The molecule has 1 saturated carbocycles. The van der Waals surface area contributed by atoms with Crippen molar-refractivity contribution < 1.29 is 14.7 Å². The molecule has 0 atom stereocenters. The number of carboxylic acid groups (broad SMARTS) is 1. The van der Waals surface area contributed by atoms with E-state index in [2.05, 4.69) is 17.6 Å². The minimum atomic E-state index is -1.04. The predicted molar refractivity (Wildman–Crippen MR) is 81.9 cm³/mol. The first kappa shape index (κ1) is 15.4. The van der Waals surface area contributed by atoms with E-state index in [0.717, 1.165) is 30.4 Å². The number of aryl methyl sites for hydroxylation is 2. The van der Waals surface area contributed by atoms with Crippen LogP contribution in [0.3, 0.4) is 0 Å². The van der Waals surface area contributed by atoms with E-state index in [9.17, 15) is 14.7 Å². The summed E-state index contributed by atoms with van der Waals surface area (Å²) in [7, 11) is 0. The van der Waals surface area contributed by atoms with Gasteiger partial charge in [-0.05, 0) is 55.7 Å². The van der Waals surface area contributed by atoms with Crippen molar-refractivity contribution in [2.24, 2.45) is 5.41 Å². The first-order chi connectivity index (χ1) is 9.87. The topological polar surface area (TPSA) is 78.4 Å². The van der Waals surface area contributed by atoms with Gasteiger partial charge in [0.05, 0.1) is 11.3 Å². The number of anilines is 1. The van der Waals surface area contributed by atoms with Gasteiger partial charge in [-0.25, -0.2) is 9.59 Å². The summed E-state index contributed by atoms with van der Waals surface area (Å²) >= 11 is 0. The Hall–Kier alpha value is -2.04. The van der Waals surface area contributed by atoms with E-state index in [-0.39, 0.29) is 17.0 Å². The summed E-state index contributed by atoms with van der Waals surface area (Å²) in [4.78, 5) is 23.3. The van der Waals surface area contributed by atoms with Gasteiger partial charge in [-0.3, -0.25) is 0 Å². The van der Waals surface area contributed by atoms with Gasteiger partial charge in [0.1, 0.15) is 0 Å². The molecule has 0 heterocycles. The number of nitrogens with one attached hydrogen (secondary N) is 2. The SMILES string of the molecule is CCC1(CNC(=O)Nc2c(C)cc(C)cc2C(=O)O)CC1. The van der Waals surface area contributed by atoms with Crippen LogP contribution in [0.15, 0.2) is 12.1 Å². The molecule has 1 fully saturated rings. The number of carbonyl (C=O) groups is 2. The zero-order valence-corrected chi connectivity index (χ0v) is 12.7. The third kappa shape index (κ3) is 3.54. The summed E-state index contributed by atoms with van der Waals surface area (Å²) in [5, 5.41) is 14.8. The molecular formula is C16H22N2O3. The van der Waals surface area contributed by atoms with Crippen LogP contribution in [0, 0.1) is 19.3 Å². The van der Waals surface area contributed by atoms with Crippen molar-refractivity contribution in [1.82, 2.24) is 5.32 Å². The normalized spacial score (nSPS) is 15.4. The number of aromatic carboxylic acids is 1. The molecule has 1 aliphatic rings. The van der Waals surface area contributed by atoms with E-state index >= 15 is 0 Å². The number of urea groups is 1. The number of carboxylic acids is 1. The smallest absolute Gasteiger partial charge is 0.337 e. The Morgan fingerprint density at radius 1 is 1.29 bits per heavy atom. The lowest BCUT2D eigenvalue weighted by Gasteiger charge is -2.16. The molecule has 1 aromatic rings. The van der Waals surface area contributed by atoms with Gasteiger partial charge in [0.2, 0.25) is 0 Å². The van der Waals surface area contributed by atoms with Crippen LogP contribution in [0.5, 0.6) is 0 Å². The molecule has 2 amide bonds. The highest BCUT2D eigenvalue weighted by Gasteiger charge is 2.40. The summed E-state index contributed by atoms with van der Waals surface area (Å²) in [5.74, 6) is -1.04. The predicted octanol–water partition coefficient (Wildman–Crippen LogP) is 3.31. The molecule has 5 heteroatoms. The van der Waals surface area contributed by atoms with Gasteiger partial charge in [0.15, 0.2) is 0 Å². The van der Waals surface area contributed by atoms with Gasteiger partial charge >= 0.3 is 12.0 Å². The summed E-state index contributed by atoms with van der Waals surface area (Å²) < 4.78 is 0. The van der Waals surface area contributed by atoms with Gasteiger partial charge < -0.3 is 15.7 Å². The van der Waals surface area contributed by atoms with Crippen LogP contribution in [0.1, 0.15) is 47.7 Å². The second-order valence-corrected chi connectivity index (χ2v) is 5.97. The molecular weight excluding hydrogens is 268 g/mol. The van der Waals surface area contributed by atoms with Crippen LogP contribution in [0.4, 0.5) is 10.5 Å². The molecule has 1 aliphatic carbocycles. The van der Waals surface area contributed by atoms with Crippen LogP contribution in [-0.4, -0.2) is 23.7 Å². The zero-order valence-electron chi connectivity index (χ0n) is 12.7. The quantitative estimate of drug-likeness (QED) is 0.778. The number of amides is 2. The first-order valence-electron chi connectivity index (χ1n) is 7.26. The average molecular weight is 290 g/mol. The van der Waals surface area contributed by atoms with E-state index in [1.807, 2.05) is 13.0 Å². The van der Waals surface area contributed by atoms with Crippen LogP contribution < -0.4 is 10.6 Å². The van der Waals surface area contributed by atoms with Gasteiger partial charge in [-0.15, -0.1) is 0 Å². The summed E-state index contributed by atoms with van der Waals surface area (Å²) in [6.45, 7) is 6.40. The number of benzene rings is 1. The second kappa shape index (κ2) is 5.76. The minimum absolute atomic E-state index is 0.124. The van der Waals surface area contributed by atoms with Crippen molar-refractivity contribution in [2.45, 2.75) is 40.0 Å². The molecule has 3 N–H and O–H groups in total.